The number of amides is 4. The van der Waals surface area contributed by atoms with E-state index >= 15 is 0 Å². The summed E-state index contributed by atoms with van der Waals surface area (Å²) in [5.41, 5.74) is 2.09. The fraction of sp³-hybridized carbons (Fsp3) is 0.405. The van der Waals surface area contributed by atoms with E-state index in [1.165, 1.54) is 24.6 Å². The molecule has 56 heavy (non-hydrogen) atoms. The maximum Gasteiger partial charge on any atom is 0.261 e. The quantitative estimate of drug-likeness (QED) is 0.0739. The lowest BCUT2D eigenvalue weighted by atomic mass is 10.0. The molecule has 1 aliphatic heterocycles. The van der Waals surface area contributed by atoms with Crippen molar-refractivity contribution < 1.29 is 42.2 Å². The second kappa shape index (κ2) is 18.9. The SMILES string of the molecule is CCCCC(CC)COc1ccc2c(ccn2-c2cc(Cl)c(OCCC(F)(F)CCOc3ccc(C(=O)N(C=O)C4CCC(=O)NC4=O)c(C)c3)c(C#N)c2)c1. The highest BCUT2D eigenvalue weighted by atomic mass is 35.5. The zero-order valence-corrected chi connectivity index (χ0v) is 32.4. The molecule has 1 N–H and O–H groups in total. The number of unbranched alkanes of at least 4 members (excludes halogenated alkanes) is 1. The lowest BCUT2D eigenvalue weighted by molar-refractivity contribution is -0.139. The Morgan fingerprint density at radius 3 is 2.48 bits per heavy atom. The fourth-order valence-corrected chi connectivity index (χ4v) is 6.82. The molecular formula is C42H45ClF2N4O7. The number of nitrogens with one attached hydrogen (secondary N) is 1. The molecule has 296 valence electrons. The van der Waals surface area contributed by atoms with Gasteiger partial charge in [-0.2, -0.15) is 5.26 Å². The van der Waals surface area contributed by atoms with Crippen LogP contribution in [0.25, 0.3) is 16.6 Å². The maximum atomic E-state index is 14.9. The predicted molar refractivity (Wildman–Crippen MR) is 207 cm³/mol. The van der Waals surface area contributed by atoms with Crippen LogP contribution in [-0.4, -0.2) is 65.4 Å². The Bertz CT molecular complexity index is 2110. The molecule has 4 amide bonds. The van der Waals surface area contributed by atoms with E-state index in [-0.39, 0.29) is 53.5 Å². The van der Waals surface area contributed by atoms with Crippen LogP contribution in [0.3, 0.4) is 0 Å². The van der Waals surface area contributed by atoms with Gasteiger partial charge in [0.25, 0.3) is 11.8 Å². The molecule has 1 aromatic heterocycles. The topological polar surface area (TPSA) is 140 Å². The normalized spacial score (nSPS) is 14.8. The number of nitrogens with zero attached hydrogens (tertiary/aromatic N) is 3. The second-order valence-corrected chi connectivity index (χ2v) is 14.3. The number of imide groups is 2. The number of halogens is 3. The van der Waals surface area contributed by atoms with Crippen LogP contribution in [0.2, 0.25) is 5.02 Å². The smallest absolute Gasteiger partial charge is 0.261 e. The van der Waals surface area contributed by atoms with Crippen LogP contribution in [0.1, 0.15) is 86.7 Å². The number of rotatable bonds is 19. The zero-order valence-electron chi connectivity index (χ0n) is 31.6. The molecule has 2 atom stereocenters. The van der Waals surface area contributed by atoms with E-state index in [2.05, 4.69) is 25.2 Å². The number of aromatic nitrogens is 1. The molecule has 11 nitrogen and oxygen atoms in total. The van der Waals surface area contributed by atoms with Crippen molar-refractivity contribution in [3.8, 4) is 29.0 Å². The Hall–Kier alpha value is -5.48. The Morgan fingerprint density at radius 2 is 1.80 bits per heavy atom. The monoisotopic (exact) mass is 790 g/mol. The third kappa shape index (κ3) is 10.2. The molecule has 1 saturated heterocycles. The van der Waals surface area contributed by atoms with E-state index in [1.54, 1.807) is 19.1 Å². The van der Waals surface area contributed by atoms with Crippen LogP contribution in [0.4, 0.5) is 8.78 Å². The first-order chi connectivity index (χ1) is 26.9. The van der Waals surface area contributed by atoms with Gasteiger partial charge in [0.05, 0.1) is 35.9 Å². The number of ether oxygens (including phenoxy) is 3. The van der Waals surface area contributed by atoms with Gasteiger partial charge < -0.3 is 18.8 Å². The van der Waals surface area contributed by atoms with Crippen molar-refractivity contribution >= 4 is 46.6 Å². The number of aryl methyl sites for hydroxylation is 1. The molecule has 0 bridgehead atoms. The van der Waals surface area contributed by atoms with Crippen LogP contribution in [-0.2, 0) is 14.4 Å². The second-order valence-electron chi connectivity index (χ2n) is 13.9. The Balaban J connectivity index is 1.14. The number of alkyl halides is 2. The Labute approximate surface area is 329 Å². The summed E-state index contributed by atoms with van der Waals surface area (Å²) in [6.07, 6.45) is 5.32. The number of carbonyl (C=O) groups excluding carboxylic acids is 4. The summed E-state index contributed by atoms with van der Waals surface area (Å²) < 4.78 is 49.0. The third-order valence-corrected chi connectivity index (χ3v) is 10.2. The van der Waals surface area contributed by atoms with Gasteiger partial charge in [-0.1, -0.05) is 44.7 Å². The van der Waals surface area contributed by atoms with Crippen molar-refractivity contribution in [2.75, 3.05) is 19.8 Å². The van der Waals surface area contributed by atoms with Crippen LogP contribution in [0, 0.1) is 24.2 Å². The highest BCUT2D eigenvalue weighted by Gasteiger charge is 2.35. The maximum absolute atomic E-state index is 14.9. The summed E-state index contributed by atoms with van der Waals surface area (Å²) >= 11 is 6.56. The van der Waals surface area contributed by atoms with Gasteiger partial charge in [0.15, 0.2) is 5.75 Å². The number of hydrogen-bond acceptors (Lipinski definition) is 8. The van der Waals surface area contributed by atoms with E-state index in [4.69, 9.17) is 25.8 Å². The standard InChI is InChI=1S/C42H45ClF2N4O7/c1-4-6-7-28(5-2)25-56-33-9-11-36-29(22-33)14-17-48(36)31-21-30(24-46)39(35(43)23-31)55-19-16-42(44,45)15-18-54-32-8-10-34(27(3)20-32)41(53)49(26-50)37-12-13-38(51)47-40(37)52/h8-11,14,17,20-23,26,28,37H,4-7,12-13,15-16,18-19,25H2,1-3H3,(H,47,51,52). The van der Waals surface area contributed by atoms with Crippen molar-refractivity contribution in [3.05, 3.63) is 82.5 Å². The number of piperidine rings is 1. The number of benzene rings is 3. The summed E-state index contributed by atoms with van der Waals surface area (Å²) in [5, 5.41) is 13.1. The molecule has 4 aromatic rings. The minimum atomic E-state index is -3.18. The molecule has 14 heteroatoms. The first-order valence-electron chi connectivity index (χ1n) is 18.7. The third-order valence-electron chi connectivity index (χ3n) is 9.89. The van der Waals surface area contributed by atoms with Gasteiger partial charge in [0.2, 0.25) is 18.2 Å². The van der Waals surface area contributed by atoms with E-state index < -0.39 is 49.1 Å². The lowest BCUT2D eigenvalue weighted by Gasteiger charge is -2.28. The van der Waals surface area contributed by atoms with Crippen LogP contribution >= 0.6 is 11.6 Å². The average Bonchev–Trinajstić information content (AvgIpc) is 3.60. The Morgan fingerprint density at radius 1 is 1.07 bits per heavy atom. The molecule has 0 saturated carbocycles. The summed E-state index contributed by atoms with van der Waals surface area (Å²) in [4.78, 5) is 49.2. The molecule has 5 rings (SSSR count). The first-order valence-corrected chi connectivity index (χ1v) is 19.1. The van der Waals surface area contributed by atoms with Gasteiger partial charge in [0, 0.05) is 42.1 Å². The fourth-order valence-electron chi connectivity index (χ4n) is 6.56. The summed E-state index contributed by atoms with van der Waals surface area (Å²) in [6, 6.07) is 16.2. The molecule has 1 fully saturated rings. The van der Waals surface area contributed by atoms with Crippen molar-refractivity contribution in [3.63, 3.8) is 0 Å². The van der Waals surface area contributed by atoms with Crippen LogP contribution < -0.4 is 19.5 Å². The molecule has 0 spiro atoms. The van der Waals surface area contributed by atoms with Gasteiger partial charge >= 0.3 is 0 Å². The number of carbonyl (C=O) groups is 4. The first kappa shape index (κ1) is 41.7. The van der Waals surface area contributed by atoms with E-state index in [9.17, 15) is 33.2 Å². The van der Waals surface area contributed by atoms with Crippen molar-refractivity contribution in [2.24, 2.45) is 5.92 Å². The predicted octanol–water partition coefficient (Wildman–Crippen LogP) is 8.34. The summed E-state index contributed by atoms with van der Waals surface area (Å²) in [6.45, 7) is 5.83. The van der Waals surface area contributed by atoms with E-state index in [1.807, 2.05) is 35.0 Å². The van der Waals surface area contributed by atoms with Crippen molar-refractivity contribution in [1.29, 1.82) is 5.26 Å². The number of nitriles is 1. The molecule has 3 aromatic carbocycles. The lowest BCUT2D eigenvalue weighted by Crippen LogP contribution is -2.53. The zero-order chi connectivity index (χ0) is 40.4. The molecule has 2 heterocycles. The van der Waals surface area contributed by atoms with Crippen molar-refractivity contribution in [1.82, 2.24) is 14.8 Å². The van der Waals surface area contributed by atoms with Gasteiger partial charge in [-0.05, 0) is 85.8 Å². The largest absolute Gasteiger partial charge is 0.493 e. The van der Waals surface area contributed by atoms with Crippen LogP contribution in [0.5, 0.6) is 17.2 Å². The minimum Gasteiger partial charge on any atom is -0.493 e. The van der Waals surface area contributed by atoms with Gasteiger partial charge in [0.1, 0.15) is 23.6 Å². The van der Waals surface area contributed by atoms with Gasteiger partial charge in [-0.15, -0.1) is 0 Å². The van der Waals surface area contributed by atoms with E-state index in [0.29, 0.717) is 23.8 Å². The molecule has 1 aliphatic rings. The highest BCUT2D eigenvalue weighted by molar-refractivity contribution is 6.32. The molecule has 0 aliphatic carbocycles. The molecular weight excluding hydrogens is 746 g/mol. The van der Waals surface area contributed by atoms with Gasteiger partial charge in [-0.3, -0.25) is 29.4 Å². The highest BCUT2D eigenvalue weighted by Crippen LogP contribution is 2.35. The average molecular weight is 791 g/mol. The Kier molecular flexibility index (Phi) is 14.1. The minimum absolute atomic E-state index is 0.00984. The van der Waals surface area contributed by atoms with E-state index in [0.717, 1.165) is 40.8 Å². The summed E-state index contributed by atoms with van der Waals surface area (Å²) in [7, 11) is 0. The number of fused-ring (bicyclic) bond motifs is 1. The van der Waals surface area contributed by atoms with Crippen LogP contribution in [0.15, 0.2) is 60.8 Å². The summed E-state index contributed by atoms with van der Waals surface area (Å²) in [5.74, 6) is -3.62. The molecule has 0 radical (unpaired) electrons. The number of hydrogen-bond donors (Lipinski definition) is 1. The van der Waals surface area contributed by atoms with Gasteiger partial charge in [-0.25, -0.2) is 8.78 Å². The van der Waals surface area contributed by atoms with Crippen molar-refractivity contribution in [2.45, 2.75) is 84.1 Å². The molecule has 2 unspecified atom stereocenters.